The fourth-order valence-corrected chi connectivity index (χ4v) is 4.69. The number of carbonyl (C=O) groups is 1. The molecule has 2 aromatic rings. The predicted octanol–water partition coefficient (Wildman–Crippen LogP) is 2.54. The molecule has 3 rings (SSSR count). The highest BCUT2D eigenvalue weighted by Crippen LogP contribution is 2.28. The van der Waals surface area contributed by atoms with Crippen LogP contribution in [0.4, 0.5) is 10.8 Å². The van der Waals surface area contributed by atoms with Crippen LogP contribution in [0.3, 0.4) is 0 Å². The highest BCUT2D eigenvalue weighted by molar-refractivity contribution is 7.93. The Hall–Kier alpha value is -1.97. The molecular formula is C16H20N4O3S2. The van der Waals surface area contributed by atoms with Gasteiger partial charge in [-0.2, -0.15) is 0 Å². The van der Waals surface area contributed by atoms with Gasteiger partial charge in [-0.15, -0.1) is 11.3 Å². The maximum atomic E-state index is 12.5. The van der Waals surface area contributed by atoms with Gasteiger partial charge in [-0.05, 0) is 31.0 Å². The number of hydrogen-bond acceptors (Lipinski definition) is 6. The number of anilines is 2. The standard InChI is InChI=1S/C16H20N4O3S2/c17-16(7-2-1-3-8-16)14(21)19-12-5-4-6-13(11-12)25(22,23)20-15-18-9-10-24-15/h4-6,9-11H,1-3,7-8,17H2,(H,18,20)(H,19,21). The van der Waals surface area contributed by atoms with E-state index in [0.29, 0.717) is 18.5 Å². The van der Waals surface area contributed by atoms with Gasteiger partial charge in [0.25, 0.3) is 10.0 Å². The molecule has 1 heterocycles. The summed E-state index contributed by atoms with van der Waals surface area (Å²) in [5.74, 6) is -0.269. The number of hydrogen-bond donors (Lipinski definition) is 3. The molecule has 0 saturated heterocycles. The zero-order valence-corrected chi connectivity index (χ0v) is 15.2. The molecule has 1 aromatic heterocycles. The number of rotatable bonds is 5. The Morgan fingerprint density at radius 2 is 2.00 bits per heavy atom. The molecule has 0 radical (unpaired) electrons. The number of nitrogens with zero attached hydrogens (tertiary/aromatic N) is 1. The van der Waals surface area contributed by atoms with E-state index >= 15 is 0 Å². The van der Waals surface area contributed by atoms with E-state index in [1.165, 1.54) is 29.7 Å². The molecule has 4 N–H and O–H groups in total. The average Bonchev–Trinajstić information content (AvgIpc) is 3.08. The highest BCUT2D eigenvalue weighted by Gasteiger charge is 2.35. The third-order valence-corrected chi connectivity index (χ3v) is 6.41. The number of nitrogens with one attached hydrogen (secondary N) is 2. The first-order valence-corrected chi connectivity index (χ1v) is 10.4. The zero-order chi connectivity index (χ0) is 17.9. The van der Waals surface area contributed by atoms with Crippen LogP contribution in [0, 0.1) is 0 Å². The molecule has 1 amide bonds. The lowest BCUT2D eigenvalue weighted by molar-refractivity contribution is -0.122. The predicted molar refractivity (Wildman–Crippen MR) is 98.0 cm³/mol. The molecule has 134 valence electrons. The van der Waals surface area contributed by atoms with Gasteiger partial charge < -0.3 is 11.1 Å². The molecule has 0 spiro atoms. The summed E-state index contributed by atoms with van der Waals surface area (Å²) in [4.78, 5) is 16.5. The van der Waals surface area contributed by atoms with Gasteiger partial charge in [0.2, 0.25) is 5.91 Å². The average molecular weight is 380 g/mol. The van der Waals surface area contributed by atoms with Crippen molar-refractivity contribution >= 4 is 38.1 Å². The van der Waals surface area contributed by atoms with Crippen LogP contribution in [0.25, 0.3) is 0 Å². The van der Waals surface area contributed by atoms with E-state index in [2.05, 4.69) is 15.0 Å². The van der Waals surface area contributed by atoms with E-state index in [-0.39, 0.29) is 15.9 Å². The van der Waals surface area contributed by atoms with Crippen molar-refractivity contribution in [3.05, 3.63) is 35.8 Å². The van der Waals surface area contributed by atoms with Crippen molar-refractivity contribution in [3.63, 3.8) is 0 Å². The van der Waals surface area contributed by atoms with Crippen molar-refractivity contribution in [3.8, 4) is 0 Å². The third-order valence-electron chi connectivity index (χ3n) is 4.25. The SMILES string of the molecule is NC1(C(=O)Nc2cccc(S(=O)(=O)Nc3nccs3)c2)CCCCC1. The maximum absolute atomic E-state index is 12.5. The smallest absolute Gasteiger partial charge is 0.263 e. The molecule has 0 atom stereocenters. The normalized spacial score (nSPS) is 17.0. The Labute approximate surface area is 150 Å². The lowest BCUT2D eigenvalue weighted by Gasteiger charge is -2.31. The largest absolute Gasteiger partial charge is 0.324 e. The van der Waals surface area contributed by atoms with Crippen molar-refractivity contribution in [2.75, 3.05) is 10.0 Å². The fraction of sp³-hybridized carbons (Fsp3) is 0.375. The first-order valence-electron chi connectivity index (χ1n) is 8.02. The summed E-state index contributed by atoms with van der Waals surface area (Å²) in [7, 11) is -3.77. The van der Waals surface area contributed by atoms with Gasteiger partial charge in [-0.25, -0.2) is 13.4 Å². The molecule has 1 saturated carbocycles. The van der Waals surface area contributed by atoms with Crippen LogP contribution >= 0.6 is 11.3 Å². The topological polar surface area (TPSA) is 114 Å². The molecule has 1 aliphatic carbocycles. The number of amides is 1. The first-order chi connectivity index (χ1) is 11.9. The van der Waals surface area contributed by atoms with Crippen molar-refractivity contribution < 1.29 is 13.2 Å². The van der Waals surface area contributed by atoms with Crippen LogP contribution in [0.15, 0.2) is 40.7 Å². The molecule has 1 fully saturated rings. The molecule has 0 unspecified atom stereocenters. The van der Waals surface area contributed by atoms with Crippen LogP contribution in [-0.2, 0) is 14.8 Å². The second kappa shape index (κ2) is 7.11. The zero-order valence-electron chi connectivity index (χ0n) is 13.6. The monoisotopic (exact) mass is 380 g/mol. The third kappa shape index (κ3) is 4.17. The summed E-state index contributed by atoms with van der Waals surface area (Å²) >= 11 is 1.19. The van der Waals surface area contributed by atoms with Gasteiger partial charge in [-0.3, -0.25) is 9.52 Å². The molecule has 1 aliphatic rings. The number of carbonyl (C=O) groups excluding carboxylic acids is 1. The minimum atomic E-state index is -3.77. The van der Waals surface area contributed by atoms with E-state index < -0.39 is 15.6 Å². The molecule has 0 bridgehead atoms. The van der Waals surface area contributed by atoms with Gasteiger partial charge in [0.05, 0.1) is 10.4 Å². The molecule has 0 aliphatic heterocycles. The quantitative estimate of drug-likeness (QED) is 0.737. The van der Waals surface area contributed by atoms with Crippen molar-refractivity contribution in [2.24, 2.45) is 5.73 Å². The highest BCUT2D eigenvalue weighted by atomic mass is 32.2. The maximum Gasteiger partial charge on any atom is 0.263 e. The molecule has 7 nitrogen and oxygen atoms in total. The number of benzene rings is 1. The van der Waals surface area contributed by atoms with Crippen molar-refractivity contribution in [1.29, 1.82) is 0 Å². The van der Waals surface area contributed by atoms with Crippen molar-refractivity contribution in [2.45, 2.75) is 42.5 Å². The number of nitrogens with two attached hydrogens (primary N) is 1. The number of aromatic nitrogens is 1. The van der Waals surface area contributed by atoms with E-state index in [4.69, 9.17) is 5.73 Å². The van der Waals surface area contributed by atoms with Gasteiger partial charge >= 0.3 is 0 Å². The molecule has 25 heavy (non-hydrogen) atoms. The Balaban J connectivity index is 1.76. The van der Waals surface area contributed by atoms with Crippen molar-refractivity contribution in [1.82, 2.24) is 4.98 Å². The number of thiazole rings is 1. The Morgan fingerprint density at radius 3 is 2.68 bits per heavy atom. The number of sulfonamides is 1. The fourth-order valence-electron chi connectivity index (χ4n) is 2.85. The Bertz CT molecular complexity index is 844. The van der Waals surface area contributed by atoms with Crippen LogP contribution in [0.1, 0.15) is 32.1 Å². The second-order valence-electron chi connectivity index (χ2n) is 6.14. The lowest BCUT2D eigenvalue weighted by atomic mass is 9.82. The van der Waals surface area contributed by atoms with Gasteiger partial charge in [0.15, 0.2) is 5.13 Å². The minimum Gasteiger partial charge on any atom is -0.324 e. The molecule has 9 heteroatoms. The molecular weight excluding hydrogens is 360 g/mol. The van der Waals surface area contributed by atoms with E-state index in [1.54, 1.807) is 17.5 Å². The lowest BCUT2D eigenvalue weighted by Crippen LogP contribution is -2.52. The van der Waals surface area contributed by atoms with E-state index in [0.717, 1.165) is 19.3 Å². The van der Waals surface area contributed by atoms with Crippen LogP contribution in [0.2, 0.25) is 0 Å². The summed E-state index contributed by atoms with van der Waals surface area (Å²) in [6, 6.07) is 6.10. The van der Waals surface area contributed by atoms with Gasteiger partial charge in [-0.1, -0.05) is 25.3 Å². The van der Waals surface area contributed by atoms with Gasteiger partial charge in [0.1, 0.15) is 0 Å². The second-order valence-corrected chi connectivity index (χ2v) is 8.72. The van der Waals surface area contributed by atoms with Crippen LogP contribution in [0.5, 0.6) is 0 Å². The van der Waals surface area contributed by atoms with Crippen LogP contribution < -0.4 is 15.8 Å². The summed E-state index contributed by atoms with van der Waals surface area (Å²) in [5, 5.41) is 4.72. The van der Waals surface area contributed by atoms with Crippen LogP contribution in [-0.4, -0.2) is 24.8 Å². The minimum absolute atomic E-state index is 0.0511. The molecule has 1 aromatic carbocycles. The summed E-state index contributed by atoms with van der Waals surface area (Å²) in [5.41, 5.74) is 5.74. The Morgan fingerprint density at radius 1 is 1.24 bits per heavy atom. The van der Waals surface area contributed by atoms with Gasteiger partial charge in [0, 0.05) is 17.3 Å². The summed E-state index contributed by atoms with van der Waals surface area (Å²) in [6.07, 6.45) is 5.74. The van der Waals surface area contributed by atoms with E-state index in [1.807, 2.05) is 0 Å². The first kappa shape index (κ1) is 17.8. The summed E-state index contributed by atoms with van der Waals surface area (Å²) < 4.78 is 27.2. The summed E-state index contributed by atoms with van der Waals surface area (Å²) in [6.45, 7) is 0. The Kier molecular flexibility index (Phi) is 5.07. The van der Waals surface area contributed by atoms with E-state index in [9.17, 15) is 13.2 Å².